The van der Waals surface area contributed by atoms with Gasteiger partial charge in [0.25, 0.3) is 0 Å². The smallest absolute Gasteiger partial charge is 0.396 e. The van der Waals surface area contributed by atoms with Crippen molar-refractivity contribution in [1.29, 1.82) is 0 Å². The Hall–Kier alpha value is -2.69. The van der Waals surface area contributed by atoms with Gasteiger partial charge in [0.05, 0.1) is 30.2 Å². The molecule has 3 aromatic rings. The van der Waals surface area contributed by atoms with Crippen LogP contribution >= 0.6 is 0 Å². The number of halogens is 3. The number of benzene rings is 1. The number of nitrogens with zero attached hydrogens (tertiary/aromatic N) is 5. The lowest BCUT2D eigenvalue weighted by molar-refractivity contribution is -0.138. The van der Waals surface area contributed by atoms with E-state index in [2.05, 4.69) is 9.80 Å². The predicted octanol–water partition coefficient (Wildman–Crippen LogP) is 4.00. The van der Waals surface area contributed by atoms with Crippen molar-refractivity contribution in [3.05, 3.63) is 57.9 Å². The highest BCUT2D eigenvalue weighted by molar-refractivity contribution is 5.56. The van der Waals surface area contributed by atoms with E-state index in [4.69, 9.17) is 14.8 Å². The number of alkyl halides is 3. The van der Waals surface area contributed by atoms with Gasteiger partial charge in [0.2, 0.25) is 0 Å². The summed E-state index contributed by atoms with van der Waals surface area (Å²) in [5, 5.41) is 14.6. The van der Waals surface area contributed by atoms with Gasteiger partial charge in [-0.1, -0.05) is 12.1 Å². The Bertz CT molecular complexity index is 1250. The highest BCUT2D eigenvalue weighted by atomic mass is 19.4. The van der Waals surface area contributed by atoms with E-state index in [0.29, 0.717) is 31.7 Å². The second kappa shape index (κ2) is 10.6. The van der Waals surface area contributed by atoms with Gasteiger partial charge in [-0.2, -0.15) is 13.2 Å². The monoisotopic (exact) mass is 517 g/mol. The van der Waals surface area contributed by atoms with Crippen LogP contribution in [-0.2, 0) is 23.9 Å². The van der Waals surface area contributed by atoms with Crippen LogP contribution in [0.5, 0.6) is 0 Å². The third-order valence-electron chi connectivity index (χ3n) is 7.61. The Labute approximate surface area is 214 Å². The largest absolute Gasteiger partial charge is 0.416 e. The number of rotatable bonds is 6. The van der Waals surface area contributed by atoms with Crippen molar-refractivity contribution in [3.8, 4) is 0 Å². The molecule has 0 saturated carbocycles. The van der Waals surface area contributed by atoms with Crippen LogP contribution in [0.1, 0.15) is 46.5 Å². The first kappa shape index (κ1) is 25.9. The van der Waals surface area contributed by atoms with Crippen LogP contribution in [0.25, 0.3) is 5.65 Å². The average molecular weight is 518 g/mol. The van der Waals surface area contributed by atoms with Crippen molar-refractivity contribution < 1.29 is 23.0 Å². The molecule has 2 saturated heterocycles. The molecule has 1 aromatic carbocycles. The molecule has 0 amide bonds. The molecule has 0 spiro atoms. The summed E-state index contributed by atoms with van der Waals surface area (Å²) in [6.45, 7) is 8.66. The fourth-order valence-corrected chi connectivity index (χ4v) is 5.51. The molecule has 2 aliphatic rings. The van der Waals surface area contributed by atoms with Crippen LogP contribution in [0, 0.1) is 19.8 Å². The van der Waals surface area contributed by atoms with Gasteiger partial charge in [-0.3, -0.25) is 4.90 Å². The minimum Gasteiger partial charge on any atom is -0.396 e. The molecule has 7 nitrogen and oxygen atoms in total. The molecule has 2 aromatic heterocycles. The topological polar surface area (TPSA) is 66.1 Å². The SMILES string of the molecule is Cc1c(Cc2c(CN3CCCC(CO)C3)nc3c(C)cc(N4CCOCC4)nn23)cccc1C(F)(F)F. The van der Waals surface area contributed by atoms with Crippen molar-refractivity contribution in [1.82, 2.24) is 19.5 Å². The number of fused-ring (bicyclic) bond motifs is 1. The van der Waals surface area contributed by atoms with Crippen molar-refractivity contribution in [2.45, 2.75) is 45.8 Å². The van der Waals surface area contributed by atoms with Crippen LogP contribution < -0.4 is 4.90 Å². The molecule has 2 aliphatic heterocycles. The lowest BCUT2D eigenvalue weighted by Gasteiger charge is -2.31. The van der Waals surface area contributed by atoms with Crippen LogP contribution in [0.2, 0.25) is 0 Å². The Balaban J connectivity index is 1.58. The summed E-state index contributed by atoms with van der Waals surface area (Å²) in [7, 11) is 0. The number of aliphatic hydroxyl groups is 1. The summed E-state index contributed by atoms with van der Waals surface area (Å²) in [4.78, 5) is 9.43. The summed E-state index contributed by atoms with van der Waals surface area (Å²) in [5.41, 5.74) is 3.56. The number of imidazole rings is 1. The Kier molecular flexibility index (Phi) is 7.42. The minimum absolute atomic E-state index is 0.154. The van der Waals surface area contributed by atoms with Gasteiger partial charge in [0, 0.05) is 39.2 Å². The van der Waals surface area contributed by atoms with Crippen LogP contribution in [0.4, 0.5) is 19.0 Å². The first-order chi connectivity index (χ1) is 17.7. The van der Waals surface area contributed by atoms with Gasteiger partial charge < -0.3 is 14.7 Å². The summed E-state index contributed by atoms with van der Waals surface area (Å²) in [5.74, 6) is 1.05. The zero-order chi connectivity index (χ0) is 26.2. The van der Waals surface area contributed by atoms with Gasteiger partial charge in [-0.25, -0.2) is 9.50 Å². The van der Waals surface area contributed by atoms with Gasteiger partial charge in [-0.05, 0) is 68.0 Å². The Morgan fingerprint density at radius 2 is 1.92 bits per heavy atom. The third-order valence-corrected chi connectivity index (χ3v) is 7.61. The van der Waals surface area contributed by atoms with Crippen molar-refractivity contribution in [2.75, 3.05) is 50.9 Å². The lowest BCUT2D eigenvalue weighted by Crippen LogP contribution is -2.37. The molecule has 37 heavy (non-hydrogen) atoms. The van der Waals surface area contributed by atoms with Crippen molar-refractivity contribution in [2.24, 2.45) is 5.92 Å². The zero-order valence-corrected chi connectivity index (χ0v) is 21.4. The summed E-state index contributed by atoms with van der Waals surface area (Å²) in [6, 6.07) is 6.40. The third kappa shape index (κ3) is 5.46. The van der Waals surface area contributed by atoms with E-state index in [1.54, 1.807) is 6.07 Å². The lowest BCUT2D eigenvalue weighted by atomic mass is 9.97. The molecule has 1 atom stereocenters. The van der Waals surface area contributed by atoms with Crippen molar-refractivity contribution >= 4 is 11.5 Å². The molecule has 5 rings (SSSR count). The second-order valence-electron chi connectivity index (χ2n) is 10.2. The molecule has 2 fully saturated rings. The number of hydrogen-bond acceptors (Lipinski definition) is 6. The van der Waals surface area contributed by atoms with Crippen molar-refractivity contribution in [3.63, 3.8) is 0 Å². The van der Waals surface area contributed by atoms with E-state index in [9.17, 15) is 18.3 Å². The predicted molar refractivity (Wildman–Crippen MR) is 135 cm³/mol. The Morgan fingerprint density at radius 3 is 2.65 bits per heavy atom. The first-order valence-electron chi connectivity index (χ1n) is 12.9. The maximum absolute atomic E-state index is 13.7. The van der Waals surface area contributed by atoms with Crippen LogP contribution in [-0.4, -0.2) is 70.6 Å². The normalized spacial score (nSPS) is 19.6. The van der Waals surface area contributed by atoms with E-state index in [1.807, 2.05) is 17.5 Å². The summed E-state index contributed by atoms with van der Waals surface area (Å²) < 4.78 is 48.3. The van der Waals surface area contributed by atoms with Crippen LogP contribution in [0.15, 0.2) is 24.3 Å². The molecule has 0 bridgehead atoms. The number of piperidine rings is 1. The van der Waals surface area contributed by atoms with Gasteiger partial charge >= 0.3 is 6.18 Å². The maximum Gasteiger partial charge on any atom is 0.416 e. The number of anilines is 1. The number of likely N-dealkylation sites (tertiary alicyclic amines) is 1. The maximum atomic E-state index is 13.7. The molecule has 0 aliphatic carbocycles. The van der Waals surface area contributed by atoms with E-state index < -0.39 is 11.7 Å². The van der Waals surface area contributed by atoms with E-state index in [-0.39, 0.29) is 18.1 Å². The molecule has 10 heteroatoms. The van der Waals surface area contributed by atoms with Gasteiger partial charge in [0.15, 0.2) is 5.65 Å². The number of aryl methyl sites for hydroxylation is 1. The quantitative estimate of drug-likeness (QED) is 0.534. The number of aromatic nitrogens is 3. The summed E-state index contributed by atoms with van der Waals surface area (Å²) >= 11 is 0. The second-order valence-corrected chi connectivity index (χ2v) is 10.2. The standard InChI is InChI=1S/C27H34F3N5O2/c1-18-13-25(34-9-11-37-12-10-34)32-35-24(14-21-6-3-7-22(19(21)2)27(28,29)30)23(31-26(18)35)16-33-8-4-5-20(15-33)17-36/h3,6-7,13,20,36H,4-5,8-12,14-17H2,1-2H3. The fourth-order valence-electron chi connectivity index (χ4n) is 5.51. The number of ether oxygens (including phenoxy) is 1. The molecular formula is C27H34F3N5O2. The van der Waals surface area contributed by atoms with E-state index >= 15 is 0 Å². The molecule has 200 valence electrons. The highest BCUT2D eigenvalue weighted by Crippen LogP contribution is 2.34. The molecule has 1 N–H and O–H groups in total. The number of hydrogen-bond donors (Lipinski definition) is 1. The fraction of sp³-hybridized carbons (Fsp3) is 0.556. The highest BCUT2D eigenvalue weighted by Gasteiger charge is 2.33. The van der Waals surface area contributed by atoms with Gasteiger partial charge in [0.1, 0.15) is 5.82 Å². The first-order valence-corrected chi connectivity index (χ1v) is 12.9. The molecular weight excluding hydrogens is 483 g/mol. The number of morpholine rings is 1. The average Bonchev–Trinajstić information content (AvgIpc) is 3.22. The van der Waals surface area contributed by atoms with E-state index in [1.165, 1.54) is 13.0 Å². The zero-order valence-electron chi connectivity index (χ0n) is 21.4. The Morgan fingerprint density at radius 1 is 1.14 bits per heavy atom. The van der Waals surface area contributed by atoms with E-state index in [0.717, 1.165) is 73.5 Å². The summed E-state index contributed by atoms with van der Waals surface area (Å²) in [6.07, 6.45) is -2.12. The minimum atomic E-state index is -4.41. The number of aliphatic hydroxyl groups excluding tert-OH is 1. The molecule has 0 radical (unpaired) electrons. The van der Waals surface area contributed by atoms with Crippen LogP contribution in [0.3, 0.4) is 0 Å². The molecule has 1 unspecified atom stereocenters. The van der Waals surface area contributed by atoms with Gasteiger partial charge in [-0.15, -0.1) is 5.10 Å². The molecule has 4 heterocycles.